The van der Waals surface area contributed by atoms with Crippen molar-refractivity contribution in [2.75, 3.05) is 26.2 Å². The Labute approximate surface area is 153 Å². The molecule has 5 nitrogen and oxygen atoms in total. The molecule has 2 aromatic carbocycles. The topological polar surface area (TPSA) is 71.3 Å². The normalized spacial score (nSPS) is 19.8. The summed E-state index contributed by atoms with van der Waals surface area (Å²) in [5.74, 6) is 0. The molecule has 5 heteroatoms. The van der Waals surface area contributed by atoms with Crippen LogP contribution in [0.3, 0.4) is 0 Å². The van der Waals surface area contributed by atoms with Crippen LogP contribution in [-0.4, -0.2) is 36.2 Å². The molecule has 2 aliphatic rings. The van der Waals surface area contributed by atoms with Crippen LogP contribution in [0.5, 0.6) is 0 Å². The van der Waals surface area contributed by atoms with Crippen LogP contribution in [0.1, 0.15) is 34.0 Å². The van der Waals surface area contributed by atoms with Crippen LogP contribution >= 0.6 is 0 Å². The predicted octanol–water partition coefficient (Wildman–Crippen LogP) is 2.06. The zero-order valence-corrected chi connectivity index (χ0v) is 14.6. The predicted molar refractivity (Wildman–Crippen MR) is 102 cm³/mol. The number of nitriles is 1. The molecule has 2 heterocycles. The summed E-state index contributed by atoms with van der Waals surface area (Å²) in [7, 11) is 0. The second kappa shape index (κ2) is 7.30. The molecule has 1 unspecified atom stereocenters. The van der Waals surface area contributed by atoms with Gasteiger partial charge < -0.3 is 15.7 Å². The third kappa shape index (κ3) is 3.35. The van der Waals surface area contributed by atoms with Crippen molar-refractivity contribution < 1.29 is 5.11 Å². The highest BCUT2D eigenvalue weighted by molar-refractivity contribution is 5.85. The van der Waals surface area contributed by atoms with Gasteiger partial charge in [0.15, 0.2) is 6.23 Å². The van der Waals surface area contributed by atoms with E-state index in [0.29, 0.717) is 5.56 Å². The maximum atomic E-state index is 10.4. The average Bonchev–Trinajstić information content (AvgIpc) is 2.69. The largest absolute Gasteiger partial charge is 0.369 e. The van der Waals surface area contributed by atoms with E-state index >= 15 is 0 Å². The molecule has 2 aromatic rings. The van der Waals surface area contributed by atoms with Gasteiger partial charge in [0.05, 0.1) is 11.6 Å². The van der Waals surface area contributed by atoms with E-state index in [4.69, 9.17) is 0 Å². The number of aliphatic hydroxyl groups is 1. The number of nitrogens with one attached hydrogen (secondary N) is 2. The van der Waals surface area contributed by atoms with E-state index in [1.165, 1.54) is 5.56 Å². The smallest absolute Gasteiger partial charge is 0.151 e. The molecule has 0 radical (unpaired) electrons. The molecule has 4 rings (SSSR count). The summed E-state index contributed by atoms with van der Waals surface area (Å²) >= 11 is 0. The second-order valence-electron chi connectivity index (χ2n) is 6.75. The lowest BCUT2D eigenvalue weighted by molar-refractivity contribution is 0.158. The fourth-order valence-corrected chi connectivity index (χ4v) is 3.57. The molecular weight excluding hydrogens is 324 g/mol. The summed E-state index contributed by atoms with van der Waals surface area (Å²) in [6.45, 7) is 5.21. The van der Waals surface area contributed by atoms with Crippen molar-refractivity contribution in [1.29, 1.82) is 5.26 Å². The van der Waals surface area contributed by atoms with E-state index in [9.17, 15) is 10.4 Å². The van der Waals surface area contributed by atoms with Gasteiger partial charge in [-0.3, -0.25) is 4.90 Å². The summed E-state index contributed by atoms with van der Waals surface area (Å²) in [6.07, 6.45) is 1.14. The minimum atomic E-state index is -0.807. The molecule has 0 aliphatic carbocycles. The maximum Gasteiger partial charge on any atom is 0.151 e. The van der Waals surface area contributed by atoms with Crippen molar-refractivity contribution in [2.24, 2.45) is 0 Å². The molecule has 3 N–H and O–H groups in total. The van der Waals surface area contributed by atoms with E-state index in [2.05, 4.69) is 45.9 Å². The van der Waals surface area contributed by atoms with Crippen molar-refractivity contribution in [1.82, 2.24) is 15.5 Å². The Kier molecular flexibility index (Phi) is 4.72. The molecule has 1 fully saturated rings. The Balaban J connectivity index is 1.57. The van der Waals surface area contributed by atoms with Gasteiger partial charge in [0.25, 0.3) is 0 Å². The maximum absolute atomic E-state index is 10.4. The molecular formula is C21H22N4O. The molecule has 26 heavy (non-hydrogen) atoms. The van der Waals surface area contributed by atoms with Gasteiger partial charge in [-0.25, -0.2) is 0 Å². The fourth-order valence-electron chi connectivity index (χ4n) is 3.57. The minimum absolute atomic E-state index is 0.580. The average molecular weight is 346 g/mol. The van der Waals surface area contributed by atoms with Gasteiger partial charge in [-0.1, -0.05) is 36.4 Å². The molecule has 0 saturated carbocycles. The lowest BCUT2D eigenvalue weighted by Crippen LogP contribution is -2.42. The van der Waals surface area contributed by atoms with Crippen LogP contribution in [0, 0.1) is 11.3 Å². The molecule has 0 bridgehead atoms. The number of nitrogens with zero attached hydrogens (tertiary/aromatic N) is 2. The highest BCUT2D eigenvalue weighted by Crippen LogP contribution is 2.31. The van der Waals surface area contributed by atoms with Gasteiger partial charge in [-0.2, -0.15) is 5.26 Å². The van der Waals surface area contributed by atoms with Gasteiger partial charge in [0.2, 0.25) is 0 Å². The molecule has 0 amide bonds. The van der Waals surface area contributed by atoms with Crippen molar-refractivity contribution in [3.63, 3.8) is 0 Å². The number of piperazine rings is 1. The van der Waals surface area contributed by atoms with E-state index in [0.717, 1.165) is 55.1 Å². The summed E-state index contributed by atoms with van der Waals surface area (Å²) in [4.78, 5) is 2.45. The van der Waals surface area contributed by atoms with Crippen LogP contribution in [0.4, 0.5) is 0 Å². The quantitative estimate of drug-likeness (QED) is 0.793. The third-order valence-corrected chi connectivity index (χ3v) is 5.02. The van der Waals surface area contributed by atoms with E-state index in [1.807, 2.05) is 12.1 Å². The van der Waals surface area contributed by atoms with Crippen LogP contribution in [0.15, 0.2) is 42.5 Å². The van der Waals surface area contributed by atoms with Crippen molar-refractivity contribution in [3.8, 4) is 6.07 Å². The minimum Gasteiger partial charge on any atom is -0.369 e. The monoisotopic (exact) mass is 346 g/mol. The van der Waals surface area contributed by atoms with Gasteiger partial charge in [-0.05, 0) is 23.3 Å². The molecule has 1 atom stereocenters. The molecule has 2 aliphatic heterocycles. The van der Waals surface area contributed by atoms with E-state index in [-0.39, 0.29) is 0 Å². The van der Waals surface area contributed by atoms with Gasteiger partial charge in [0.1, 0.15) is 0 Å². The van der Waals surface area contributed by atoms with E-state index < -0.39 is 6.23 Å². The van der Waals surface area contributed by atoms with E-state index in [1.54, 1.807) is 12.1 Å². The zero-order chi connectivity index (χ0) is 17.9. The van der Waals surface area contributed by atoms with Gasteiger partial charge in [-0.15, -0.1) is 0 Å². The Morgan fingerprint density at radius 1 is 1.12 bits per heavy atom. The van der Waals surface area contributed by atoms with Crippen LogP contribution in [0.2, 0.25) is 0 Å². The molecule has 0 spiro atoms. The summed E-state index contributed by atoms with van der Waals surface area (Å²) in [5.41, 5.74) is 5.23. The lowest BCUT2D eigenvalue weighted by atomic mass is 9.94. The third-order valence-electron chi connectivity index (χ3n) is 5.02. The van der Waals surface area contributed by atoms with Crippen molar-refractivity contribution in [3.05, 3.63) is 70.3 Å². The number of benzene rings is 2. The number of rotatable bonds is 3. The fraction of sp³-hybridized carbons (Fsp3) is 0.286. The molecule has 132 valence electrons. The SMILES string of the molecule is N#Cc1cccc2c1C=C(c1ccc(CN3CCNCC3)cc1)NC2O. The Morgan fingerprint density at radius 3 is 2.62 bits per heavy atom. The lowest BCUT2D eigenvalue weighted by Gasteiger charge is -2.27. The zero-order valence-electron chi connectivity index (χ0n) is 14.6. The summed E-state index contributed by atoms with van der Waals surface area (Å²) in [6, 6.07) is 16.0. The van der Waals surface area contributed by atoms with Crippen molar-refractivity contribution in [2.45, 2.75) is 12.8 Å². The number of hydrogen-bond donors (Lipinski definition) is 3. The first-order valence-electron chi connectivity index (χ1n) is 8.96. The number of hydrogen-bond acceptors (Lipinski definition) is 5. The molecule has 0 aromatic heterocycles. The Morgan fingerprint density at radius 2 is 1.88 bits per heavy atom. The first-order chi connectivity index (χ1) is 12.7. The first kappa shape index (κ1) is 16.8. The second-order valence-corrected chi connectivity index (χ2v) is 6.75. The van der Waals surface area contributed by atoms with Gasteiger partial charge >= 0.3 is 0 Å². The highest BCUT2D eigenvalue weighted by Gasteiger charge is 2.21. The van der Waals surface area contributed by atoms with Crippen LogP contribution < -0.4 is 10.6 Å². The standard InChI is InChI=1S/C21H22N4O/c22-13-17-2-1-3-18-19(17)12-20(24-21(18)26)16-6-4-15(5-7-16)14-25-10-8-23-9-11-25/h1-7,12,21,23-24,26H,8-11,14H2. The molecule has 1 saturated heterocycles. The summed E-state index contributed by atoms with van der Waals surface area (Å²) < 4.78 is 0. The summed E-state index contributed by atoms with van der Waals surface area (Å²) in [5, 5.41) is 26.2. The number of aliphatic hydroxyl groups excluding tert-OH is 1. The van der Waals surface area contributed by atoms with Crippen molar-refractivity contribution >= 4 is 11.8 Å². The Bertz CT molecular complexity index is 861. The highest BCUT2D eigenvalue weighted by atomic mass is 16.3. The Hall–Kier alpha value is -2.65. The first-order valence-corrected chi connectivity index (χ1v) is 8.96. The van der Waals surface area contributed by atoms with Crippen LogP contribution in [-0.2, 0) is 6.54 Å². The van der Waals surface area contributed by atoms with Gasteiger partial charge in [0, 0.05) is 49.5 Å². The van der Waals surface area contributed by atoms with Crippen LogP contribution in [0.25, 0.3) is 11.8 Å². The number of fused-ring (bicyclic) bond motifs is 1.